The van der Waals surface area contributed by atoms with Gasteiger partial charge in [0, 0.05) is 16.5 Å². The van der Waals surface area contributed by atoms with Gasteiger partial charge in [0.2, 0.25) is 0 Å². The molecule has 1 N–H and O–H groups in total. The summed E-state index contributed by atoms with van der Waals surface area (Å²) in [5, 5.41) is 3.24. The summed E-state index contributed by atoms with van der Waals surface area (Å²) in [4.78, 5) is 24.3. The molecule has 128 valence electrons. The predicted octanol–water partition coefficient (Wildman–Crippen LogP) is 3.84. The van der Waals surface area contributed by atoms with Crippen molar-refractivity contribution in [3.05, 3.63) is 59.2 Å². The minimum atomic E-state index is -0.623. The van der Waals surface area contributed by atoms with Crippen molar-refractivity contribution in [1.82, 2.24) is 0 Å². The van der Waals surface area contributed by atoms with Gasteiger partial charge in [-0.3, -0.25) is 4.79 Å². The van der Waals surface area contributed by atoms with E-state index in [1.165, 1.54) is 30.6 Å². The van der Waals surface area contributed by atoms with Crippen LogP contribution in [0.15, 0.2) is 48.5 Å². The zero-order valence-corrected chi connectivity index (χ0v) is 14.1. The highest BCUT2D eigenvalue weighted by molar-refractivity contribution is 7.20. The van der Waals surface area contributed by atoms with E-state index in [0.717, 1.165) is 4.70 Å². The molecule has 0 bridgehead atoms. The lowest BCUT2D eigenvalue weighted by Crippen LogP contribution is -2.20. The molecule has 5 nitrogen and oxygen atoms in total. The summed E-state index contributed by atoms with van der Waals surface area (Å²) >= 11 is 1.19. The van der Waals surface area contributed by atoms with E-state index in [-0.39, 0.29) is 5.82 Å². The molecule has 0 aliphatic heterocycles. The van der Waals surface area contributed by atoms with Crippen molar-refractivity contribution in [3.8, 4) is 5.75 Å². The zero-order valence-electron chi connectivity index (χ0n) is 13.2. The molecule has 0 radical (unpaired) electrons. The predicted molar refractivity (Wildman–Crippen MR) is 93.7 cm³/mol. The number of rotatable bonds is 5. The normalized spacial score (nSPS) is 10.5. The summed E-state index contributed by atoms with van der Waals surface area (Å²) in [6.07, 6.45) is 0. The van der Waals surface area contributed by atoms with Gasteiger partial charge >= 0.3 is 5.97 Å². The number of thiophene rings is 1. The van der Waals surface area contributed by atoms with Crippen molar-refractivity contribution in [1.29, 1.82) is 0 Å². The second kappa shape index (κ2) is 7.31. The Morgan fingerprint density at radius 3 is 2.80 bits per heavy atom. The molecular formula is C18H14FNO4S. The fourth-order valence-electron chi connectivity index (χ4n) is 2.21. The van der Waals surface area contributed by atoms with Crippen LogP contribution in [0.25, 0.3) is 10.1 Å². The van der Waals surface area contributed by atoms with Gasteiger partial charge in [0.25, 0.3) is 5.91 Å². The molecule has 1 aromatic heterocycles. The molecule has 3 rings (SSSR count). The molecular weight excluding hydrogens is 345 g/mol. The molecule has 7 heteroatoms. The van der Waals surface area contributed by atoms with E-state index in [9.17, 15) is 14.0 Å². The van der Waals surface area contributed by atoms with Crippen LogP contribution in [0.5, 0.6) is 5.75 Å². The largest absolute Gasteiger partial charge is 0.497 e. The number of hydrogen-bond acceptors (Lipinski definition) is 5. The summed E-state index contributed by atoms with van der Waals surface area (Å²) < 4.78 is 24.0. The summed E-state index contributed by atoms with van der Waals surface area (Å²) in [6, 6.07) is 12.7. The Morgan fingerprint density at radius 1 is 1.16 bits per heavy atom. The van der Waals surface area contributed by atoms with Crippen LogP contribution in [0.4, 0.5) is 10.1 Å². The summed E-state index contributed by atoms with van der Waals surface area (Å²) in [5.74, 6) is -0.855. The molecule has 1 heterocycles. The highest BCUT2D eigenvalue weighted by Crippen LogP contribution is 2.26. The second-order valence-corrected chi connectivity index (χ2v) is 6.23. The van der Waals surface area contributed by atoms with E-state index in [4.69, 9.17) is 9.47 Å². The quantitative estimate of drug-likeness (QED) is 0.703. The number of hydrogen-bond donors (Lipinski definition) is 1. The number of ether oxygens (including phenoxy) is 2. The Kier molecular flexibility index (Phi) is 4.95. The molecule has 2 aromatic carbocycles. The van der Waals surface area contributed by atoms with Crippen molar-refractivity contribution >= 4 is 39.0 Å². The van der Waals surface area contributed by atoms with Crippen LogP contribution in [0.2, 0.25) is 0 Å². The average Bonchev–Trinajstić information content (AvgIpc) is 3.03. The van der Waals surface area contributed by atoms with E-state index in [0.29, 0.717) is 21.7 Å². The first-order valence-corrected chi connectivity index (χ1v) is 8.17. The van der Waals surface area contributed by atoms with Gasteiger partial charge in [-0.05, 0) is 41.8 Å². The molecule has 0 spiro atoms. The van der Waals surface area contributed by atoms with Crippen molar-refractivity contribution in [2.24, 2.45) is 0 Å². The fraction of sp³-hybridized carbons (Fsp3) is 0.111. The molecule has 0 saturated carbocycles. The number of anilines is 1. The van der Waals surface area contributed by atoms with Crippen molar-refractivity contribution in [2.45, 2.75) is 0 Å². The number of carbonyl (C=O) groups is 2. The Bertz CT molecular complexity index is 938. The van der Waals surface area contributed by atoms with Gasteiger partial charge in [0.1, 0.15) is 16.4 Å². The Labute approximate surface area is 147 Å². The smallest absolute Gasteiger partial charge is 0.348 e. The van der Waals surface area contributed by atoms with Crippen LogP contribution in [0.3, 0.4) is 0 Å². The van der Waals surface area contributed by atoms with E-state index < -0.39 is 18.5 Å². The van der Waals surface area contributed by atoms with E-state index in [1.54, 1.807) is 36.4 Å². The Hall–Kier alpha value is -2.93. The van der Waals surface area contributed by atoms with Gasteiger partial charge in [-0.15, -0.1) is 11.3 Å². The number of esters is 1. The molecule has 25 heavy (non-hydrogen) atoms. The molecule has 0 aliphatic carbocycles. The van der Waals surface area contributed by atoms with Gasteiger partial charge in [0.05, 0.1) is 7.11 Å². The summed E-state index contributed by atoms with van der Waals surface area (Å²) in [7, 11) is 1.53. The highest BCUT2D eigenvalue weighted by atomic mass is 32.1. The third-order valence-electron chi connectivity index (χ3n) is 3.37. The Balaban J connectivity index is 1.59. The summed E-state index contributed by atoms with van der Waals surface area (Å²) in [5.41, 5.74) is 0.540. The second-order valence-electron chi connectivity index (χ2n) is 5.15. The van der Waals surface area contributed by atoms with Crippen LogP contribution in [0, 0.1) is 5.82 Å². The first-order valence-electron chi connectivity index (χ1n) is 7.35. The van der Waals surface area contributed by atoms with Crippen molar-refractivity contribution < 1.29 is 23.5 Å². The fourth-order valence-corrected chi connectivity index (χ4v) is 3.15. The minimum absolute atomic E-state index is 0.315. The minimum Gasteiger partial charge on any atom is -0.497 e. The zero-order chi connectivity index (χ0) is 17.8. The van der Waals surface area contributed by atoms with Crippen LogP contribution in [0.1, 0.15) is 9.67 Å². The molecule has 0 atom stereocenters. The van der Waals surface area contributed by atoms with Crippen LogP contribution >= 0.6 is 11.3 Å². The molecule has 0 aliphatic rings. The van der Waals surface area contributed by atoms with Gasteiger partial charge in [-0.1, -0.05) is 6.07 Å². The number of fused-ring (bicyclic) bond motifs is 1. The van der Waals surface area contributed by atoms with E-state index in [2.05, 4.69) is 5.32 Å². The lowest BCUT2D eigenvalue weighted by Gasteiger charge is -2.07. The van der Waals surface area contributed by atoms with E-state index in [1.807, 2.05) is 0 Å². The number of carbonyl (C=O) groups excluding carboxylic acids is 2. The number of halogens is 1. The first kappa shape index (κ1) is 16.9. The molecule has 3 aromatic rings. The molecule has 0 saturated heterocycles. The van der Waals surface area contributed by atoms with Gasteiger partial charge in [0.15, 0.2) is 6.61 Å². The third kappa shape index (κ3) is 4.13. The van der Waals surface area contributed by atoms with Crippen LogP contribution in [-0.2, 0) is 9.53 Å². The Morgan fingerprint density at radius 2 is 2.00 bits per heavy atom. The maximum Gasteiger partial charge on any atom is 0.348 e. The molecule has 0 unspecified atom stereocenters. The topological polar surface area (TPSA) is 64.6 Å². The molecule has 1 amide bonds. The number of methoxy groups -OCH3 is 1. The number of amides is 1. The van der Waals surface area contributed by atoms with Crippen LogP contribution in [-0.4, -0.2) is 25.6 Å². The van der Waals surface area contributed by atoms with Gasteiger partial charge in [-0.25, -0.2) is 9.18 Å². The first-order chi connectivity index (χ1) is 12.0. The average molecular weight is 359 g/mol. The lowest BCUT2D eigenvalue weighted by atomic mass is 10.2. The van der Waals surface area contributed by atoms with Crippen molar-refractivity contribution in [3.63, 3.8) is 0 Å². The lowest BCUT2D eigenvalue weighted by molar-refractivity contribution is -0.119. The maximum atomic E-state index is 13.2. The monoisotopic (exact) mass is 359 g/mol. The number of nitrogens with one attached hydrogen (secondary N) is 1. The van der Waals surface area contributed by atoms with E-state index >= 15 is 0 Å². The van der Waals surface area contributed by atoms with Crippen molar-refractivity contribution in [2.75, 3.05) is 19.0 Å². The highest BCUT2D eigenvalue weighted by Gasteiger charge is 2.14. The molecule has 0 fully saturated rings. The van der Waals surface area contributed by atoms with Gasteiger partial charge in [-0.2, -0.15) is 0 Å². The van der Waals surface area contributed by atoms with Gasteiger partial charge < -0.3 is 14.8 Å². The summed E-state index contributed by atoms with van der Waals surface area (Å²) in [6.45, 7) is -0.418. The number of benzene rings is 2. The standard InChI is InChI=1S/C18H14FNO4S/c1-23-14-4-2-3-13(9-14)20-17(21)10-24-18(22)16-8-11-7-12(19)5-6-15(11)25-16/h2-9H,10H2,1H3,(H,20,21). The SMILES string of the molecule is COc1cccc(NC(=O)COC(=O)c2cc3cc(F)ccc3s2)c1. The third-order valence-corrected chi connectivity index (χ3v) is 4.46. The van der Waals surface area contributed by atoms with Crippen LogP contribution < -0.4 is 10.1 Å². The maximum absolute atomic E-state index is 13.2.